The first-order chi connectivity index (χ1) is 15.0. The van der Waals surface area contributed by atoms with Crippen LogP contribution >= 0.6 is 46.3 Å². The van der Waals surface area contributed by atoms with Crippen LogP contribution in [0.15, 0.2) is 78.6 Å². The lowest BCUT2D eigenvalue weighted by Gasteiger charge is -2.09. The summed E-state index contributed by atoms with van der Waals surface area (Å²) in [5.74, 6) is 0.635. The second kappa shape index (κ2) is 9.58. The van der Waals surface area contributed by atoms with E-state index in [9.17, 15) is 5.11 Å². The highest BCUT2D eigenvalue weighted by Crippen LogP contribution is 2.36. The first-order valence-electron chi connectivity index (χ1n) is 8.94. The molecular weight excluding hydrogens is 477 g/mol. The predicted octanol–water partition coefficient (Wildman–Crippen LogP) is 7.63. The van der Waals surface area contributed by atoms with Gasteiger partial charge in [-0.1, -0.05) is 46.9 Å². The zero-order valence-electron chi connectivity index (χ0n) is 15.7. The van der Waals surface area contributed by atoms with Gasteiger partial charge in [0.15, 0.2) is 11.5 Å². The number of fused-ring (bicyclic) bond motifs is 1. The molecule has 0 saturated heterocycles. The third kappa shape index (κ3) is 5.11. The van der Waals surface area contributed by atoms with Gasteiger partial charge in [0.2, 0.25) is 0 Å². The summed E-state index contributed by atoms with van der Waals surface area (Å²) >= 11 is 18.9. The van der Waals surface area contributed by atoms with E-state index in [1.165, 1.54) is 17.6 Å². The Balaban J connectivity index is 0.000000151. The van der Waals surface area contributed by atoms with E-state index in [1.54, 1.807) is 30.3 Å². The zero-order chi connectivity index (χ0) is 21.8. The molecule has 0 unspecified atom stereocenters. The summed E-state index contributed by atoms with van der Waals surface area (Å²) in [6, 6.07) is 17.5. The minimum absolute atomic E-state index is 0.0523. The van der Waals surface area contributed by atoms with Crippen molar-refractivity contribution in [3.05, 3.63) is 93.6 Å². The number of rotatable bonds is 3. The number of aromatic hydroxyl groups is 1. The quantitative estimate of drug-likeness (QED) is 0.282. The number of hydrogen-bond acceptors (Lipinski definition) is 5. The van der Waals surface area contributed by atoms with E-state index in [0.717, 1.165) is 16.7 Å². The third-order valence-corrected chi connectivity index (χ3v) is 5.53. The number of aromatic nitrogens is 3. The molecule has 5 rings (SSSR count). The minimum atomic E-state index is -0.0523. The topological polar surface area (TPSA) is 60.2 Å². The van der Waals surface area contributed by atoms with Crippen molar-refractivity contribution in [1.29, 1.82) is 0 Å². The lowest BCUT2D eigenvalue weighted by molar-refractivity contribution is 0.411. The summed E-state index contributed by atoms with van der Waals surface area (Å²) in [7, 11) is 0. The van der Waals surface area contributed by atoms with Gasteiger partial charge >= 0.3 is 0 Å². The van der Waals surface area contributed by atoms with E-state index in [-0.39, 0.29) is 11.5 Å². The van der Waals surface area contributed by atoms with Crippen LogP contribution < -0.4 is 4.74 Å². The van der Waals surface area contributed by atoms with E-state index >= 15 is 0 Å². The molecule has 2 aromatic heterocycles. The molecule has 0 amide bonds. The zero-order valence-corrected chi connectivity index (χ0v) is 18.8. The number of hydrogen-bond donors (Lipinski definition) is 1. The largest absolute Gasteiger partial charge is 0.504 e. The number of halogens is 3. The van der Waals surface area contributed by atoms with Crippen LogP contribution in [0.4, 0.5) is 0 Å². The summed E-state index contributed by atoms with van der Waals surface area (Å²) in [6.07, 6.45) is 3.67. The fraction of sp³-hybridized carbons (Fsp3) is 0. The summed E-state index contributed by atoms with van der Waals surface area (Å²) in [4.78, 5) is 4.31. The number of para-hydroxylation sites is 2. The van der Waals surface area contributed by atoms with Gasteiger partial charge in [-0.25, -0.2) is 4.98 Å². The van der Waals surface area contributed by atoms with E-state index in [4.69, 9.17) is 39.5 Å². The Bertz CT molecular complexity index is 1270. The van der Waals surface area contributed by atoms with Crippen molar-refractivity contribution in [2.24, 2.45) is 0 Å². The van der Waals surface area contributed by atoms with Crippen molar-refractivity contribution in [2.75, 3.05) is 0 Å². The molecule has 2 heterocycles. The monoisotopic (exact) mass is 489 g/mol. The molecule has 5 aromatic rings. The molecule has 0 fully saturated rings. The Morgan fingerprint density at radius 2 is 1.65 bits per heavy atom. The number of phenols is 1. The molecule has 0 aliphatic heterocycles. The Kier molecular flexibility index (Phi) is 6.63. The molecule has 0 bridgehead atoms. The highest BCUT2D eigenvalue weighted by molar-refractivity contribution is 7.03. The maximum absolute atomic E-state index is 9.62. The molecule has 9 heteroatoms. The summed E-state index contributed by atoms with van der Waals surface area (Å²) in [5.41, 5.74) is 3.20. The van der Waals surface area contributed by atoms with Crippen LogP contribution in [0.5, 0.6) is 17.2 Å². The van der Waals surface area contributed by atoms with E-state index < -0.39 is 0 Å². The van der Waals surface area contributed by atoms with E-state index in [0.29, 0.717) is 20.8 Å². The maximum Gasteiger partial charge on any atom is 0.169 e. The van der Waals surface area contributed by atoms with Crippen LogP contribution in [0.3, 0.4) is 0 Å². The Morgan fingerprint density at radius 1 is 0.903 bits per heavy atom. The van der Waals surface area contributed by atoms with Gasteiger partial charge in [-0.05, 0) is 54.0 Å². The average Bonchev–Trinajstić information content (AvgIpc) is 3.42. The highest BCUT2D eigenvalue weighted by Gasteiger charge is 2.08. The summed E-state index contributed by atoms with van der Waals surface area (Å²) < 4.78 is 11.6. The lowest BCUT2D eigenvalue weighted by Crippen LogP contribution is -1.87. The first kappa shape index (κ1) is 21.5. The normalized spacial score (nSPS) is 10.5. The average molecular weight is 491 g/mol. The predicted molar refractivity (Wildman–Crippen MR) is 126 cm³/mol. The van der Waals surface area contributed by atoms with Gasteiger partial charge in [-0.3, -0.25) is 4.57 Å². The fourth-order valence-corrected chi connectivity index (χ4v) is 3.86. The van der Waals surface area contributed by atoms with E-state index in [1.807, 2.05) is 40.7 Å². The molecule has 0 radical (unpaired) electrons. The second-order valence-electron chi connectivity index (χ2n) is 6.27. The van der Waals surface area contributed by atoms with Crippen molar-refractivity contribution < 1.29 is 9.84 Å². The fourth-order valence-electron chi connectivity index (χ4n) is 2.74. The number of benzene rings is 3. The van der Waals surface area contributed by atoms with Crippen LogP contribution in [0.1, 0.15) is 0 Å². The highest BCUT2D eigenvalue weighted by atomic mass is 35.5. The minimum Gasteiger partial charge on any atom is -0.504 e. The van der Waals surface area contributed by atoms with Crippen LogP contribution in [0.2, 0.25) is 15.1 Å². The van der Waals surface area contributed by atoms with Gasteiger partial charge in [0, 0.05) is 21.5 Å². The van der Waals surface area contributed by atoms with Gasteiger partial charge < -0.3 is 9.84 Å². The number of phenolic OH excluding ortho intramolecular Hbond substituents is 1. The van der Waals surface area contributed by atoms with Crippen LogP contribution in [-0.4, -0.2) is 19.0 Å². The first-order valence-corrected chi connectivity index (χ1v) is 10.9. The number of ether oxygens (including phenoxy) is 1. The van der Waals surface area contributed by atoms with Crippen molar-refractivity contribution in [1.82, 2.24) is 13.9 Å². The Morgan fingerprint density at radius 3 is 2.35 bits per heavy atom. The van der Waals surface area contributed by atoms with Gasteiger partial charge in [-0.15, -0.1) is 0 Å². The van der Waals surface area contributed by atoms with Crippen LogP contribution in [0, 0.1) is 0 Å². The maximum atomic E-state index is 9.62. The number of nitrogens with zero attached hydrogens (tertiary/aromatic N) is 3. The second-order valence-corrected chi connectivity index (χ2v) is 8.21. The Hall–Kier alpha value is -2.77. The molecule has 31 heavy (non-hydrogen) atoms. The molecule has 0 saturated carbocycles. The lowest BCUT2D eigenvalue weighted by atomic mass is 10.3. The molecule has 0 spiro atoms. The van der Waals surface area contributed by atoms with Crippen molar-refractivity contribution in [3.8, 4) is 22.9 Å². The molecular formula is C22H14Cl3N3O2S. The molecule has 3 aromatic carbocycles. The third-order valence-electron chi connectivity index (χ3n) is 4.19. The molecule has 0 atom stereocenters. The molecule has 5 nitrogen and oxygen atoms in total. The standard InChI is InChI=1S/C12H7Cl3O2.C10H7N3S/c13-7-1-3-11(9(15)5-7)17-12-4-2-8(14)6-10(12)16;1-2-4-10-9(3-1)11-7-13(10)8-5-12-14-6-8/h1-6,16H;1-7H. The molecule has 156 valence electrons. The SMILES string of the molecule is Oc1cc(Cl)ccc1Oc1ccc(Cl)cc1Cl.c1ccc2c(c1)ncn2-c1cnsc1. The van der Waals surface area contributed by atoms with E-state index in [2.05, 4.69) is 15.4 Å². The van der Waals surface area contributed by atoms with Crippen LogP contribution in [-0.2, 0) is 0 Å². The van der Waals surface area contributed by atoms with Crippen molar-refractivity contribution in [2.45, 2.75) is 0 Å². The summed E-state index contributed by atoms with van der Waals surface area (Å²) in [6.45, 7) is 0. The van der Waals surface area contributed by atoms with Gasteiger partial charge in [-0.2, -0.15) is 4.37 Å². The van der Waals surface area contributed by atoms with Gasteiger partial charge in [0.25, 0.3) is 0 Å². The number of imidazole rings is 1. The van der Waals surface area contributed by atoms with Crippen molar-refractivity contribution in [3.63, 3.8) is 0 Å². The smallest absolute Gasteiger partial charge is 0.169 e. The molecule has 0 aliphatic rings. The summed E-state index contributed by atoms with van der Waals surface area (Å²) in [5, 5.41) is 12.9. The van der Waals surface area contributed by atoms with Crippen molar-refractivity contribution >= 4 is 57.4 Å². The molecule has 0 aliphatic carbocycles. The van der Waals surface area contributed by atoms with Crippen LogP contribution in [0.25, 0.3) is 16.7 Å². The van der Waals surface area contributed by atoms with Gasteiger partial charge in [0.1, 0.15) is 12.1 Å². The van der Waals surface area contributed by atoms with Gasteiger partial charge in [0.05, 0.1) is 27.9 Å². The Labute approximate surface area is 197 Å². The molecule has 1 N–H and O–H groups in total.